The summed E-state index contributed by atoms with van der Waals surface area (Å²) in [4.78, 5) is 16.7. The highest BCUT2D eigenvalue weighted by atomic mass is 19.1. The van der Waals surface area contributed by atoms with E-state index < -0.39 is 5.82 Å². The number of nitrogen functional groups attached to an aromatic ring is 2. The maximum atomic E-state index is 14.3. The van der Waals surface area contributed by atoms with Gasteiger partial charge in [-0.15, -0.1) is 0 Å². The predicted molar refractivity (Wildman–Crippen MR) is 102 cm³/mol. The largest absolute Gasteiger partial charge is 0.506 e. The molecule has 0 unspecified atom stereocenters. The fourth-order valence-corrected chi connectivity index (χ4v) is 3.26. The minimum absolute atomic E-state index is 0.0879. The molecule has 4 heterocycles. The summed E-state index contributed by atoms with van der Waals surface area (Å²) in [6, 6.07) is 6.16. The van der Waals surface area contributed by atoms with Crippen molar-refractivity contribution < 1.29 is 14.2 Å². The number of halogens is 1. The molecule has 28 heavy (non-hydrogen) atoms. The van der Waals surface area contributed by atoms with Gasteiger partial charge in [-0.2, -0.15) is 0 Å². The van der Waals surface area contributed by atoms with Crippen LogP contribution in [-0.4, -0.2) is 38.3 Å². The normalized spacial score (nSPS) is 14.9. The van der Waals surface area contributed by atoms with Crippen molar-refractivity contribution in [3.05, 3.63) is 42.0 Å². The molecule has 1 aliphatic heterocycles. The van der Waals surface area contributed by atoms with Crippen LogP contribution in [0, 0.1) is 5.82 Å². The molecule has 0 aliphatic carbocycles. The van der Waals surface area contributed by atoms with Gasteiger partial charge in [0.1, 0.15) is 11.4 Å². The lowest BCUT2D eigenvalue weighted by molar-refractivity contribution is 0.0845. The Balaban J connectivity index is 1.79. The Kier molecular flexibility index (Phi) is 4.74. The molecule has 0 bridgehead atoms. The van der Waals surface area contributed by atoms with Gasteiger partial charge in [-0.05, 0) is 37.1 Å². The Hall–Kier alpha value is -3.33. The van der Waals surface area contributed by atoms with Crippen LogP contribution < -0.4 is 11.5 Å². The molecule has 3 aromatic heterocycles. The van der Waals surface area contributed by atoms with Crippen molar-refractivity contribution in [3.63, 3.8) is 0 Å². The summed E-state index contributed by atoms with van der Waals surface area (Å²) in [6.07, 6.45) is 3.06. The van der Waals surface area contributed by atoms with Crippen molar-refractivity contribution in [1.82, 2.24) is 19.9 Å². The predicted octanol–water partition coefficient (Wildman–Crippen LogP) is 2.50. The molecular weight excluding hydrogens is 363 g/mol. The summed E-state index contributed by atoms with van der Waals surface area (Å²) in [5.41, 5.74) is 13.3. The zero-order valence-electron chi connectivity index (χ0n) is 15.0. The number of rotatable bonds is 3. The van der Waals surface area contributed by atoms with Crippen LogP contribution in [-0.2, 0) is 4.74 Å². The van der Waals surface area contributed by atoms with Gasteiger partial charge >= 0.3 is 0 Å². The number of aromatic hydroxyl groups is 1. The zero-order chi connectivity index (χ0) is 19.7. The van der Waals surface area contributed by atoms with E-state index in [0.29, 0.717) is 24.6 Å². The van der Waals surface area contributed by atoms with E-state index in [0.717, 1.165) is 18.5 Å². The molecule has 0 radical (unpaired) electrons. The number of pyridine rings is 2. The van der Waals surface area contributed by atoms with Gasteiger partial charge in [0.05, 0.1) is 11.4 Å². The average Bonchev–Trinajstić information content (AvgIpc) is 2.71. The maximum Gasteiger partial charge on any atom is 0.220 e. The lowest BCUT2D eigenvalue weighted by atomic mass is 9.95. The van der Waals surface area contributed by atoms with Gasteiger partial charge in [-0.3, -0.25) is 0 Å². The molecule has 8 nitrogen and oxygen atoms in total. The monoisotopic (exact) mass is 382 g/mol. The third-order valence-electron chi connectivity index (χ3n) is 4.71. The van der Waals surface area contributed by atoms with Crippen molar-refractivity contribution in [3.8, 4) is 28.4 Å². The van der Waals surface area contributed by atoms with E-state index in [1.807, 2.05) is 0 Å². The van der Waals surface area contributed by atoms with Crippen molar-refractivity contribution in [2.75, 3.05) is 24.7 Å². The minimum atomic E-state index is -0.670. The maximum absolute atomic E-state index is 14.3. The summed E-state index contributed by atoms with van der Waals surface area (Å²) >= 11 is 0. The molecule has 5 N–H and O–H groups in total. The van der Waals surface area contributed by atoms with E-state index in [-0.39, 0.29) is 34.7 Å². The van der Waals surface area contributed by atoms with Gasteiger partial charge in [0.2, 0.25) is 5.95 Å². The van der Waals surface area contributed by atoms with Crippen LogP contribution in [0.4, 0.5) is 16.2 Å². The van der Waals surface area contributed by atoms with Gasteiger partial charge in [0.25, 0.3) is 0 Å². The fourth-order valence-electron chi connectivity index (χ4n) is 3.26. The van der Waals surface area contributed by atoms with Crippen molar-refractivity contribution in [1.29, 1.82) is 0 Å². The number of hydrogen-bond acceptors (Lipinski definition) is 8. The molecule has 0 aromatic carbocycles. The van der Waals surface area contributed by atoms with Crippen LogP contribution in [0.25, 0.3) is 22.6 Å². The first-order valence-electron chi connectivity index (χ1n) is 8.86. The highest BCUT2D eigenvalue weighted by Crippen LogP contribution is 2.33. The highest BCUT2D eigenvalue weighted by Gasteiger charge is 2.21. The van der Waals surface area contributed by atoms with Crippen molar-refractivity contribution in [2.24, 2.45) is 0 Å². The SMILES string of the molecule is Nc1nc(-c2nc(-c3ccnc(N)c3F)ccc2O)cc(C2CCOCC2)n1. The van der Waals surface area contributed by atoms with Gasteiger partial charge in [0, 0.05) is 36.6 Å². The number of nitrogens with zero attached hydrogens (tertiary/aromatic N) is 4. The van der Waals surface area contributed by atoms with Gasteiger partial charge in [-0.1, -0.05) is 0 Å². The smallest absolute Gasteiger partial charge is 0.220 e. The Morgan fingerprint density at radius 3 is 2.61 bits per heavy atom. The molecule has 0 spiro atoms. The highest BCUT2D eigenvalue weighted by molar-refractivity contribution is 5.70. The summed E-state index contributed by atoms with van der Waals surface area (Å²) in [7, 11) is 0. The van der Waals surface area contributed by atoms with E-state index in [2.05, 4.69) is 19.9 Å². The lowest BCUT2D eigenvalue weighted by Gasteiger charge is -2.22. The third kappa shape index (κ3) is 3.44. The van der Waals surface area contributed by atoms with Crippen molar-refractivity contribution >= 4 is 11.8 Å². The topological polar surface area (TPSA) is 133 Å². The van der Waals surface area contributed by atoms with Crippen LogP contribution in [0.2, 0.25) is 0 Å². The van der Waals surface area contributed by atoms with Gasteiger partial charge in [-0.25, -0.2) is 24.3 Å². The molecule has 1 aliphatic rings. The molecule has 0 atom stereocenters. The van der Waals surface area contributed by atoms with Crippen LogP contribution in [0.1, 0.15) is 24.5 Å². The number of ether oxygens (including phenoxy) is 1. The molecule has 9 heteroatoms. The molecule has 4 rings (SSSR count). The second-order valence-corrected chi connectivity index (χ2v) is 6.54. The third-order valence-corrected chi connectivity index (χ3v) is 4.71. The first kappa shape index (κ1) is 18.1. The lowest BCUT2D eigenvalue weighted by Crippen LogP contribution is -2.16. The molecule has 0 saturated carbocycles. The van der Waals surface area contributed by atoms with E-state index in [1.54, 1.807) is 6.07 Å². The van der Waals surface area contributed by atoms with Gasteiger partial charge in [0.15, 0.2) is 11.6 Å². The number of hydrogen-bond donors (Lipinski definition) is 3. The Morgan fingerprint density at radius 2 is 1.82 bits per heavy atom. The molecule has 1 saturated heterocycles. The van der Waals surface area contributed by atoms with Crippen LogP contribution >= 0.6 is 0 Å². The number of aromatic nitrogens is 4. The number of nitrogens with two attached hydrogens (primary N) is 2. The molecule has 144 valence electrons. The number of anilines is 2. The Morgan fingerprint density at radius 1 is 1.04 bits per heavy atom. The quantitative estimate of drug-likeness (QED) is 0.629. The summed E-state index contributed by atoms with van der Waals surface area (Å²) in [6.45, 7) is 1.32. The van der Waals surface area contributed by atoms with E-state index in [4.69, 9.17) is 16.2 Å². The molecule has 1 fully saturated rings. The molecule has 0 amide bonds. The standard InChI is InChI=1S/C19H19FN6O2/c20-16-11(3-6-23-18(16)21)12-1-2-15(27)17(24-12)14-9-13(25-19(22)26-14)10-4-7-28-8-5-10/h1-3,6,9-10,27H,4-5,7-8H2,(H2,21,23)(H2,22,25,26). The second kappa shape index (κ2) is 7.35. The zero-order valence-corrected chi connectivity index (χ0v) is 15.0. The van der Waals surface area contributed by atoms with Crippen LogP contribution in [0.5, 0.6) is 5.75 Å². The first-order chi connectivity index (χ1) is 13.5. The van der Waals surface area contributed by atoms with Crippen LogP contribution in [0.15, 0.2) is 30.5 Å². The Bertz CT molecular complexity index is 1020. The molecule has 3 aromatic rings. The van der Waals surface area contributed by atoms with E-state index in [9.17, 15) is 9.50 Å². The van der Waals surface area contributed by atoms with Crippen LogP contribution in [0.3, 0.4) is 0 Å². The van der Waals surface area contributed by atoms with Gasteiger partial charge < -0.3 is 21.3 Å². The summed E-state index contributed by atoms with van der Waals surface area (Å²) in [5, 5.41) is 10.3. The van der Waals surface area contributed by atoms with E-state index >= 15 is 0 Å². The first-order valence-corrected chi connectivity index (χ1v) is 8.86. The van der Waals surface area contributed by atoms with E-state index in [1.165, 1.54) is 24.4 Å². The summed E-state index contributed by atoms with van der Waals surface area (Å²) < 4.78 is 19.7. The van der Waals surface area contributed by atoms with Crippen molar-refractivity contribution in [2.45, 2.75) is 18.8 Å². The minimum Gasteiger partial charge on any atom is -0.506 e. The summed E-state index contributed by atoms with van der Waals surface area (Å²) in [5.74, 6) is -0.702. The second-order valence-electron chi connectivity index (χ2n) is 6.54. The average molecular weight is 382 g/mol. The Labute approximate surface area is 160 Å². The molecular formula is C19H19FN6O2. The fraction of sp³-hybridized carbons (Fsp3) is 0.263.